The number of halogens is 2. The molecule has 0 fully saturated rings. The van der Waals surface area contributed by atoms with Crippen LogP contribution in [-0.4, -0.2) is 26.0 Å². The van der Waals surface area contributed by atoms with Gasteiger partial charge in [0.05, 0.1) is 22.7 Å². The molecule has 1 unspecified atom stereocenters. The SMILES string of the molecule is CC(C)S(=O)c1cn(Cc2c(F)cccc2F)c2sc(CN(C)Cc3ccccc3)cc2c1=O. The van der Waals surface area contributed by atoms with E-state index in [1.165, 1.54) is 41.3 Å². The predicted molar refractivity (Wildman–Crippen MR) is 135 cm³/mol. The maximum Gasteiger partial charge on any atom is 0.206 e. The molecule has 0 spiro atoms. The Morgan fingerprint density at radius 1 is 1.03 bits per heavy atom. The zero-order valence-electron chi connectivity index (χ0n) is 19.3. The summed E-state index contributed by atoms with van der Waals surface area (Å²) in [6.07, 6.45) is 1.50. The fourth-order valence-corrected chi connectivity index (χ4v) is 6.10. The van der Waals surface area contributed by atoms with Crippen LogP contribution >= 0.6 is 11.3 Å². The van der Waals surface area contributed by atoms with E-state index in [0.29, 0.717) is 16.8 Å². The lowest BCUT2D eigenvalue weighted by Crippen LogP contribution is -2.19. The predicted octanol–water partition coefficient (Wildman–Crippen LogP) is 5.54. The molecule has 2 heterocycles. The molecule has 4 rings (SSSR count). The first-order valence-corrected chi connectivity index (χ1v) is 13.0. The number of fused-ring (bicyclic) bond motifs is 1. The molecule has 2 aromatic carbocycles. The number of benzene rings is 2. The Morgan fingerprint density at radius 2 is 1.71 bits per heavy atom. The van der Waals surface area contributed by atoms with Crippen molar-refractivity contribution >= 4 is 32.4 Å². The highest BCUT2D eigenvalue weighted by Crippen LogP contribution is 2.28. The van der Waals surface area contributed by atoms with Crippen LogP contribution in [0.15, 0.2) is 70.5 Å². The Labute approximate surface area is 203 Å². The lowest BCUT2D eigenvalue weighted by molar-refractivity contribution is 0.322. The van der Waals surface area contributed by atoms with Gasteiger partial charge in [-0.3, -0.25) is 13.9 Å². The highest BCUT2D eigenvalue weighted by Gasteiger charge is 2.20. The second kappa shape index (κ2) is 10.3. The van der Waals surface area contributed by atoms with Crippen LogP contribution in [0.1, 0.15) is 29.9 Å². The van der Waals surface area contributed by atoms with Crippen LogP contribution in [0.2, 0.25) is 0 Å². The van der Waals surface area contributed by atoms with Gasteiger partial charge in [0.15, 0.2) is 0 Å². The number of rotatable bonds is 8. The monoisotopic (exact) mass is 500 g/mol. The van der Waals surface area contributed by atoms with E-state index in [-0.39, 0.29) is 27.7 Å². The molecule has 0 saturated carbocycles. The fourth-order valence-electron chi connectivity index (χ4n) is 3.86. The van der Waals surface area contributed by atoms with Crippen molar-refractivity contribution in [1.82, 2.24) is 9.47 Å². The summed E-state index contributed by atoms with van der Waals surface area (Å²) in [5.74, 6) is -1.31. The zero-order valence-corrected chi connectivity index (χ0v) is 20.9. The van der Waals surface area contributed by atoms with Crippen LogP contribution in [0.25, 0.3) is 10.2 Å². The van der Waals surface area contributed by atoms with E-state index in [4.69, 9.17) is 0 Å². The molecular formula is C26H26F2N2O2S2. The van der Waals surface area contributed by atoms with Gasteiger partial charge in [0, 0.05) is 35.0 Å². The van der Waals surface area contributed by atoms with Gasteiger partial charge in [-0.05, 0) is 30.8 Å². The van der Waals surface area contributed by atoms with Crippen molar-refractivity contribution in [2.75, 3.05) is 7.05 Å². The van der Waals surface area contributed by atoms with Gasteiger partial charge in [-0.15, -0.1) is 11.3 Å². The Hall–Kier alpha value is -2.68. The van der Waals surface area contributed by atoms with E-state index >= 15 is 0 Å². The van der Waals surface area contributed by atoms with Crippen LogP contribution < -0.4 is 5.43 Å². The molecule has 1 atom stereocenters. The molecule has 0 saturated heterocycles. The highest BCUT2D eigenvalue weighted by molar-refractivity contribution is 7.85. The van der Waals surface area contributed by atoms with Crippen molar-refractivity contribution < 1.29 is 13.0 Å². The summed E-state index contributed by atoms with van der Waals surface area (Å²) in [4.78, 5) is 17.1. The summed E-state index contributed by atoms with van der Waals surface area (Å²) in [5.41, 5.74) is 0.792. The summed E-state index contributed by atoms with van der Waals surface area (Å²) >= 11 is 1.41. The van der Waals surface area contributed by atoms with E-state index in [0.717, 1.165) is 11.4 Å². The van der Waals surface area contributed by atoms with Gasteiger partial charge in [-0.1, -0.05) is 50.2 Å². The molecule has 0 amide bonds. The number of nitrogens with zero attached hydrogens (tertiary/aromatic N) is 2. The minimum atomic E-state index is -1.54. The van der Waals surface area contributed by atoms with Crippen molar-refractivity contribution in [1.29, 1.82) is 0 Å². The summed E-state index contributed by atoms with van der Waals surface area (Å²) < 4.78 is 43.3. The van der Waals surface area contributed by atoms with Gasteiger partial charge in [0.2, 0.25) is 5.43 Å². The molecule has 2 aromatic heterocycles. The summed E-state index contributed by atoms with van der Waals surface area (Å²) in [7, 11) is 0.461. The van der Waals surface area contributed by atoms with E-state index < -0.39 is 22.4 Å². The minimum absolute atomic E-state index is 0.0927. The van der Waals surface area contributed by atoms with Crippen molar-refractivity contribution in [3.63, 3.8) is 0 Å². The van der Waals surface area contributed by atoms with Crippen LogP contribution in [0.4, 0.5) is 8.78 Å². The normalized spacial score (nSPS) is 12.7. The average molecular weight is 501 g/mol. The number of thiophene rings is 1. The minimum Gasteiger partial charge on any atom is -0.333 e. The highest BCUT2D eigenvalue weighted by atomic mass is 32.2. The van der Waals surface area contributed by atoms with Crippen LogP contribution in [-0.2, 0) is 30.4 Å². The van der Waals surface area contributed by atoms with E-state index in [2.05, 4.69) is 17.0 Å². The van der Waals surface area contributed by atoms with Crippen molar-refractivity contribution in [3.8, 4) is 0 Å². The van der Waals surface area contributed by atoms with Crippen molar-refractivity contribution in [2.24, 2.45) is 0 Å². The van der Waals surface area contributed by atoms with Crippen molar-refractivity contribution in [3.05, 3.63) is 98.7 Å². The standard InChI is InChI=1S/C26H26F2N2O2S2/c1-17(2)34(32)24-16-30(15-21-22(27)10-7-11-23(21)28)26-20(25(24)31)12-19(33-26)14-29(3)13-18-8-5-4-6-9-18/h4-12,16-17H,13-15H2,1-3H3. The Morgan fingerprint density at radius 3 is 2.35 bits per heavy atom. The number of aromatic nitrogens is 1. The molecule has 4 aromatic rings. The molecule has 0 aliphatic heterocycles. The molecule has 34 heavy (non-hydrogen) atoms. The third kappa shape index (κ3) is 5.19. The van der Waals surface area contributed by atoms with Gasteiger partial charge in [0.1, 0.15) is 21.4 Å². The van der Waals surface area contributed by atoms with Crippen LogP contribution in [0.3, 0.4) is 0 Å². The molecular weight excluding hydrogens is 474 g/mol. The largest absolute Gasteiger partial charge is 0.333 e. The number of hydrogen-bond acceptors (Lipinski definition) is 4. The molecule has 178 valence electrons. The topological polar surface area (TPSA) is 42.3 Å². The Kier molecular flexibility index (Phi) is 7.40. The maximum atomic E-state index is 14.4. The molecule has 0 N–H and O–H groups in total. The maximum absolute atomic E-state index is 14.4. The van der Waals surface area contributed by atoms with Gasteiger partial charge < -0.3 is 4.57 Å². The molecule has 0 aliphatic carbocycles. The lowest BCUT2D eigenvalue weighted by atomic mass is 10.2. The summed E-state index contributed by atoms with van der Waals surface area (Å²) in [5, 5.41) is 0.162. The second-order valence-electron chi connectivity index (χ2n) is 8.59. The zero-order chi connectivity index (χ0) is 24.4. The number of pyridine rings is 1. The third-order valence-electron chi connectivity index (χ3n) is 5.52. The Bertz CT molecular complexity index is 1380. The fraction of sp³-hybridized carbons (Fsp3) is 0.269. The lowest BCUT2D eigenvalue weighted by Gasteiger charge is -2.15. The smallest absolute Gasteiger partial charge is 0.206 e. The number of hydrogen-bond donors (Lipinski definition) is 0. The molecule has 0 bridgehead atoms. The van der Waals surface area contributed by atoms with E-state index in [9.17, 15) is 17.8 Å². The summed E-state index contributed by atoms with van der Waals surface area (Å²) in [6, 6.07) is 15.6. The van der Waals surface area contributed by atoms with Gasteiger partial charge in [-0.2, -0.15) is 0 Å². The van der Waals surface area contributed by atoms with Gasteiger partial charge in [0.25, 0.3) is 0 Å². The van der Waals surface area contributed by atoms with Crippen LogP contribution in [0, 0.1) is 11.6 Å². The van der Waals surface area contributed by atoms with Crippen molar-refractivity contribution in [2.45, 2.75) is 43.6 Å². The first-order chi connectivity index (χ1) is 16.2. The Balaban J connectivity index is 1.76. The molecule has 0 radical (unpaired) electrons. The van der Waals surface area contributed by atoms with E-state index in [1.54, 1.807) is 18.4 Å². The third-order valence-corrected chi connectivity index (χ3v) is 8.26. The molecule has 8 heteroatoms. The molecule has 4 nitrogen and oxygen atoms in total. The van der Waals surface area contributed by atoms with E-state index in [1.807, 2.05) is 31.3 Å². The molecule has 0 aliphatic rings. The summed E-state index contributed by atoms with van der Waals surface area (Å²) in [6.45, 7) is 4.79. The average Bonchev–Trinajstić information content (AvgIpc) is 3.22. The first kappa shape index (κ1) is 24.4. The van der Waals surface area contributed by atoms with Gasteiger partial charge >= 0.3 is 0 Å². The quantitative estimate of drug-likeness (QED) is 0.319. The van der Waals surface area contributed by atoms with Gasteiger partial charge in [-0.25, -0.2) is 8.78 Å². The first-order valence-electron chi connectivity index (χ1n) is 11.0. The van der Waals surface area contributed by atoms with Crippen LogP contribution in [0.5, 0.6) is 0 Å². The second-order valence-corrected chi connectivity index (χ2v) is 11.7.